The number of para-hydroxylation sites is 1. The van der Waals surface area contributed by atoms with Gasteiger partial charge in [0.1, 0.15) is 5.69 Å². The lowest BCUT2D eigenvalue weighted by Crippen LogP contribution is -2.12. The molecule has 5 nitrogen and oxygen atoms in total. The smallest absolute Gasteiger partial charge is 0.102 e. The average molecular weight is 245 g/mol. The number of hydrogen-bond donors (Lipinski definition) is 1. The van der Waals surface area contributed by atoms with Crippen molar-refractivity contribution in [3.63, 3.8) is 0 Å². The van der Waals surface area contributed by atoms with E-state index in [1.807, 2.05) is 19.3 Å². The first-order valence-electron chi connectivity index (χ1n) is 5.97. The molecule has 0 bridgehead atoms. The molecule has 0 fully saturated rings. The molecule has 96 valence electrons. The van der Waals surface area contributed by atoms with Gasteiger partial charge in [-0.25, -0.2) is 0 Å². The monoisotopic (exact) mass is 245 g/mol. The molecule has 0 spiro atoms. The largest absolute Gasteiger partial charge is 0.379 e. The van der Waals surface area contributed by atoms with Crippen LogP contribution in [0.3, 0.4) is 0 Å². The Morgan fingerprint density at radius 1 is 1.28 bits per heavy atom. The molecule has 1 N–H and O–H groups in total. The van der Waals surface area contributed by atoms with E-state index in [-0.39, 0.29) is 0 Å². The van der Waals surface area contributed by atoms with E-state index in [1.165, 1.54) is 5.56 Å². The molecular weight excluding hydrogens is 226 g/mol. The predicted octanol–water partition coefficient (Wildman–Crippen LogP) is 1.49. The molecule has 1 heterocycles. The van der Waals surface area contributed by atoms with Crippen LogP contribution < -0.4 is 5.32 Å². The molecule has 5 heteroatoms. The van der Waals surface area contributed by atoms with Crippen molar-refractivity contribution < 1.29 is 0 Å². The summed E-state index contributed by atoms with van der Waals surface area (Å²) in [6.45, 7) is 1.61. The van der Waals surface area contributed by atoms with E-state index in [0.29, 0.717) is 6.54 Å². The van der Waals surface area contributed by atoms with E-state index in [1.54, 1.807) is 4.68 Å². The summed E-state index contributed by atoms with van der Waals surface area (Å²) in [4.78, 5) is 2.16. The molecule has 0 aliphatic heterocycles. The van der Waals surface area contributed by atoms with Crippen LogP contribution in [0.15, 0.2) is 30.5 Å². The zero-order valence-electron chi connectivity index (χ0n) is 11.1. The topological polar surface area (TPSA) is 46.0 Å². The molecule has 0 radical (unpaired) electrons. The lowest BCUT2D eigenvalue weighted by Gasteiger charge is -2.14. The number of nitrogens with zero attached hydrogens (tertiary/aromatic N) is 4. The minimum atomic E-state index is 0.693. The zero-order chi connectivity index (χ0) is 13.0. The number of aryl methyl sites for hydroxylation is 1. The van der Waals surface area contributed by atoms with Crippen molar-refractivity contribution in [2.45, 2.75) is 13.1 Å². The molecule has 1 aromatic carbocycles. The maximum atomic E-state index is 4.06. The predicted molar refractivity (Wildman–Crippen MR) is 72.2 cm³/mol. The minimum Gasteiger partial charge on any atom is -0.379 e. The Labute approximate surface area is 107 Å². The van der Waals surface area contributed by atoms with E-state index < -0.39 is 0 Å². The fourth-order valence-electron chi connectivity index (χ4n) is 1.83. The Balaban J connectivity index is 2.04. The number of anilines is 1. The Kier molecular flexibility index (Phi) is 3.94. The van der Waals surface area contributed by atoms with Gasteiger partial charge in [0.2, 0.25) is 0 Å². The summed E-state index contributed by atoms with van der Waals surface area (Å²) in [6, 6.07) is 8.33. The highest BCUT2D eigenvalue weighted by atomic mass is 15.4. The molecule has 18 heavy (non-hydrogen) atoms. The van der Waals surface area contributed by atoms with Gasteiger partial charge in [-0.15, -0.1) is 5.10 Å². The third-order valence-electron chi connectivity index (χ3n) is 2.61. The van der Waals surface area contributed by atoms with Crippen molar-refractivity contribution in [1.82, 2.24) is 19.9 Å². The fourth-order valence-corrected chi connectivity index (χ4v) is 1.83. The lowest BCUT2D eigenvalue weighted by atomic mass is 10.1. The van der Waals surface area contributed by atoms with Crippen molar-refractivity contribution in [3.8, 4) is 0 Å². The molecule has 0 aliphatic rings. The number of hydrogen-bond acceptors (Lipinski definition) is 4. The minimum absolute atomic E-state index is 0.693. The second-order valence-corrected chi connectivity index (χ2v) is 4.63. The van der Waals surface area contributed by atoms with Crippen molar-refractivity contribution >= 4 is 5.69 Å². The number of benzene rings is 1. The highest BCUT2D eigenvalue weighted by Crippen LogP contribution is 2.16. The van der Waals surface area contributed by atoms with Gasteiger partial charge in [-0.3, -0.25) is 4.68 Å². The summed E-state index contributed by atoms with van der Waals surface area (Å²) in [7, 11) is 6.01. The molecule has 0 unspecified atom stereocenters. The van der Waals surface area contributed by atoms with Crippen molar-refractivity contribution in [1.29, 1.82) is 0 Å². The van der Waals surface area contributed by atoms with Gasteiger partial charge in [-0.1, -0.05) is 23.4 Å². The molecule has 0 saturated heterocycles. The molecule has 0 amide bonds. The number of aromatic nitrogens is 3. The molecule has 0 saturated carbocycles. The summed E-state index contributed by atoms with van der Waals surface area (Å²) < 4.78 is 1.71. The van der Waals surface area contributed by atoms with Gasteiger partial charge in [0.25, 0.3) is 0 Å². The third-order valence-corrected chi connectivity index (χ3v) is 2.61. The summed E-state index contributed by atoms with van der Waals surface area (Å²) in [6.07, 6.45) is 1.92. The second-order valence-electron chi connectivity index (χ2n) is 4.63. The van der Waals surface area contributed by atoms with Gasteiger partial charge in [-0.05, 0) is 25.7 Å². The van der Waals surface area contributed by atoms with Crippen LogP contribution in [0.4, 0.5) is 5.69 Å². The second kappa shape index (κ2) is 5.64. The molecule has 1 aromatic heterocycles. The summed E-state index contributed by atoms with van der Waals surface area (Å²) in [5.41, 5.74) is 3.38. The van der Waals surface area contributed by atoms with Crippen molar-refractivity contribution in [3.05, 3.63) is 41.7 Å². The van der Waals surface area contributed by atoms with E-state index in [2.05, 4.69) is 52.8 Å². The highest BCUT2D eigenvalue weighted by molar-refractivity contribution is 5.51. The first-order chi connectivity index (χ1) is 8.65. The van der Waals surface area contributed by atoms with E-state index >= 15 is 0 Å². The summed E-state index contributed by atoms with van der Waals surface area (Å²) in [5, 5.41) is 11.4. The first kappa shape index (κ1) is 12.6. The SMILES string of the molecule is CN(C)Cc1ccccc1NCc1cn(C)nn1. The quantitative estimate of drug-likeness (QED) is 0.867. The van der Waals surface area contributed by atoms with Crippen LogP contribution in [0.2, 0.25) is 0 Å². The Morgan fingerprint density at radius 2 is 2.06 bits per heavy atom. The van der Waals surface area contributed by atoms with Gasteiger partial charge in [0, 0.05) is 25.5 Å². The van der Waals surface area contributed by atoms with Crippen LogP contribution in [-0.4, -0.2) is 34.0 Å². The van der Waals surface area contributed by atoms with Crippen LogP contribution in [0.1, 0.15) is 11.3 Å². The fraction of sp³-hybridized carbons (Fsp3) is 0.385. The van der Waals surface area contributed by atoms with Crippen molar-refractivity contribution in [2.24, 2.45) is 7.05 Å². The standard InChI is InChI=1S/C13H19N5/c1-17(2)9-11-6-4-5-7-13(11)14-8-12-10-18(3)16-15-12/h4-7,10,14H,8-9H2,1-3H3. The summed E-state index contributed by atoms with van der Waals surface area (Å²) >= 11 is 0. The molecule has 0 aliphatic carbocycles. The third kappa shape index (κ3) is 3.30. The van der Waals surface area contributed by atoms with Gasteiger partial charge in [-0.2, -0.15) is 0 Å². The average Bonchev–Trinajstić information content (AvgIpc) is 2.73. The van der Waals surface area contributed by atoms with Gasteiger partial charge >= 0.3 is 0 Å². The van der Waals surface area contributed by atoms with E-state index in [9.17, 15) is 0 Å². The molecule has 0 atom stereocenters. The van der Waals surface area contributed by atoms with Crippen LogP contribution in [-0.2, 0) is 20.1 Å². The molecule has 2 aromatic rings. The molecular formula is C13H19N5. The van der Waals surface area contributed by atoms with E-state index in [0.717, 1.165) is 17.9 Å². The lowest BCUT2D eigenvalue weighted by molar-refractivity contribution is 0.403. The van der Waals surface area contributed by atoms with Gasteiger partial charge in [0.05, 0.1) is 6.54 Å². The normalized spacial score (nSPS) is 10.9. The van der Waals surface area contributed by atoms with Gasteiger partial charge in [0.15, 0.2) is 0 Å². The Morgan fingerprint density at radius 3 is 2.72 bits per heavy atom. The van der Waals surface area contributed by atoms with Gasteiger partial charge < -0.3 is 10.2 Å². The summed E-state index contributed by atoms with van der Waals surface area (Å²) in [5.74, 6) is 0. The number of rotatable bonds is 5. The van der Waals surface area contributed by atoms with E-state index in [4.69, 9.17) is 0 Å². The maximum Gasteiger partial charge on any atom is 0.102 e. The van der Waals surface area contributed by atoms with Crippen LogP contribution in [0.25, 0.3) is 0 Å². The van der Waals surface area contributed by atoms with Crippen LogP contribution in [0.5, 0.6) is 0 Å². The Bertz CT molecular complexity index is 504. The highest BCUT2D eigenvalue weighted by Gasteiger charge is 2.04. The maximum absolute atomic E-state index is 4.06. The van der Waals surface area contributed by atoms with Crippen LogP contribution in [0, 0.1) is 0 Å². The Hall–Kier alpha value is -1.88. The first-order valence-corrected chi connectivity index (χ1v) is 5.97. The number of nitrogens with one attached hydrogen (secondary N) is 1. The zero-order valence-corrected chi connectivity index (χ0v) is 11.1. The molecule has 2 rings (SSSR count). The van der Waals surface area contributed by atoms with Crippen LogP contribution >= 0.6 is 0 Å². The van der Waals surface area contributed by atoms with Crippen molar-refractivity contribution in [2.75, 3.05) is 19.4 Å².